The van der Waals surface area contributed by atoms with Crippen molar-refractivity contribution in [2.24, 2.45) is 0 Å². The zero-order chi connectivity index (χ0) is 22.8. The van der Waals surface area contributed by atoms with Crippen LogP contribution in [0.5, 0.6) is 5.75 Å². The average molecular weight is 432 g/mol. The fourth-order valence-electron chi connectivity index (χ4n) is 3.20. The van der Waals surface area contributed by atoms with Gasteiger partial charge in [0.1, 0.15) is 24.0 Å². The maximum Gasteiger partial charge on any atom is 0.421 e. The third-order valence-electron chi connectivity index (χ3n) is 5.03. The molecule has 3 aromatic rings. The van der Waals surface area contributed by atoms with Gasteiger partial charge in [0, 0.05) is 5.56 Å². The maximum absolute atomic E-state index is 13.4. The van der Waals surface area contributed by atoms with Gasteiger partial charge in [-0.05, 0) is 43.5 Å². The molecule has 0 saturated heterocycles. The first kappa shape index (κ1) is 22.6. The van der Waals surface area contributed by atoms with E-state index in [9.17, 15) is 23.1 Å². The lowest BCUT2D eigenvalue weighted by Gasteiger charge is -2.18. The summed E-state index contributed by atoms with van der Waals surface area (Å²) in [5, 5.41) is 14.4. The van der Waals surface area contributed by atoms with Crippen molar-refractivity contribution >= 4 is 0 Å². The van der Waals surface area contributed by atoms with E-state index >= 15 is 0 Å². The summed E-state index contributed by atoms with van der Waals surface area (Å²) < 4.78 is 46.7. The molecule has 164 valence electrons. The van der Waals surface area contributed by atoms with Crippen molar-refractivity contribution in [1.29, 1.82) is 0 Å². The van der Waals surface area contributed by atoms with Crippen LogP contribution in [-0.2, 0) is 12.7 Å². The second-order valence-corrected chi connectivity index (χ2v) is 7.41. The zero-order valence-electron chi connectivity index (χ0n) is 17.4. The van der Waals surface area contributed by atoms with Crippen LogP contribution in [-0.4, -0.2) is 27.6 Å². The fraction of sp³-hybridized carbons (Fsp3) is 0.304. The summed E-state index contributed by atoms with van der Waals surface area (Å²) in [4.78, 5) is 12.4. The third kappa shape index (κ3) is 5.14. The van der Waals surface area contributed by atoms with Crippen LogP contribution in [0.15, 0.2) is 53.3 Å². The molecular formula is C23H23F3N2O3. The highest BCUT2D eigenvalue weighted by atomic mass is 19.4. The van der Waals surface area contributed by atoms with Crippen LogP contribution in [0.3, 0.4) is 0 Å². The molecule has 1 N–H and O–H groups in total. The van der Waals surface area contributed by atoms with Crippen molar-refractivity contribution in [3.05, 3.63) is 81.1 Å². The molecule has 0 bridgehead atoms. The first-order valence-corrected chi connectivity index (χ1v) is 9.70. The van der Waals surface area contributed by atoms with Crippen LogP contribution >= 0.6 is 0 Å². The SMILES string of the molecule is Cc1ccc(C)c(OC[C@@H](O)Cn2nc(-c3ccccc3)cc(C(F)(F)F)c2=O)c1C. The van der Waals surface area contributed by atoms with Crippen molar-refractivity contribution in [3.8, 4) is 17.0 Å². The highest BCUT2D eigenvalue weighted by molar-refractivity contribution is 5.59. The van der Waals surface area contributed by atoms with Gasteiger partial charge in [0.25, 0.3) is 5.56 Å². The normalized spacial score (nSPS) is 12.6. The van der Waals surface area contributed by atoms with Gasteiger partial charge in [-0.25, -0.2) is 4.68 Å². The number of nitrogens with zero attached hydrogens (tertiary/aromatic N) is 2. The number of aliphatic hydroxyl groups excluding tert-OH is 1. The summed E-state index contributed by atoms with van der Waals surface area (Å²) in [7, 11) is 0. The molecule has 0 fully saturated rings. The third-order valence-corrected chi connectivity index (χ3v) is 5.03. The van der Waals surface area contributed by atoms with Crippen molar-refractivity contribution in [2.45, 2.75) is 39.6 Å². The Labute approximate surface area is 177 Å². The summed E-state index contributed by atoms with van der Waals surface area (Å²) in [5.41, 5.74) is 0.570. The summed E-state index contributed by atoms with van der Waals surface area (Å²) in [6, 6.07) is 12.8. The van der Waals surface area contributed by atoms with Crippen molar-refractivity contribution in [3.63, 3.8) is 0 Å². The fourth-order valence-corrected chi connectivity index (χ4v) is 3.20. The number of aryl methyl sites for hydroxylation is 2. The minimum atomic E-state index is -4.84. The number of aliphatic hydroxyl groups is 1. The van der Waals surface area contributed by atoms with Crippen LogP contribution in [0.2, 0.25) is 0 Å². The van der Waals surface area contributed by atoms with Gasteiger partial charge in [0.05, 0.1) is 12.2 Å². The number of hydrogen-bond donors (Lipinski definition) is 1. The number of ether oxygens (including phenoxy) is 1. The highest BCUT2D eigenvalue weighted by Gasteiger charge is 2.35. The monoisotopic (exact) mass is 432 g/mol. The Bertz CT molecular complexity index is 1130. The number of rotatable bonds is 6. The predicted octanol–water partition coefficient (Wildman–Crippen LogP) is 4.29. The maximum atomic E-state index is 13.4. The van der Waals surface area contributed by atoms with Gasteiger partial charge in [-0.1, -0.05) is 42.5 Å². The van der Waals surface area contributed by atoms with E-state index < -0.39 is 29.9 Å². The van der Waals surface area contributed by atoms with E-state index in [0.29, 0.717) is 16.0 Å². The van der Waals surface area contributed by atoms with E-state index in [0.717, 1.165) is 22.8 Å². The van der Waals surface area contributed by atoms with Crippen LogP contribution in [0.1, 0.15) is 22.3 Å². The second-order valence-electron chi connectivity index (χ2n) is 7.41. The molecule has 3 rings (SSSR count). The van der Waals surface area contributed by atoms with Crippen LogP contribution in [0, 0.1) is 20.8 Å². The molecule has 0 amide bonds. The Morgan fingerprint density at radius 2 is 1.71 bits per heavy atom. The molecule has 5 nitrogen and oxygen atoms in total. The summed E-state index contributed by atoms with van der Waals surface area (Å²) in [5.74, 6) is 0.605. The molecule has 0 aliphatic rings. The minimum Gasteiger partial charge on any atom is -0.490 e. The summed E-state index contributed by atoms with van der Waals surface area (Å²) in [6.07, 6.45) is -6.08. The lowest BCUT2D eigenvalue weighted by molar-refractivity contribution is -0.139. The van der Waals surface area contributed by atoms with Crippen LogP contribution < -0.4 is 10.3 Å². The zero-order valence-corrected chi connectivity index (χ0v) is 17.4. The van der Waals surface area contributed by atoms with Crippen LogP contribution in [0.4, 0.5) is 13.2 Å². The van der Waals surface area contributed by atoms with Crippen molar-refractivity contribution in [1.82, 2.24) is 9.78 Å². The van der Waals surface area contributed by atoms with E-state index in [4.69, 9.17) is 4.74 Å². The van der Waals surface area contributed by atoms with Gasteiger partial charge >= 0.3 is 6.18 Å². The molecule has 1 atom stereocenters. The van der Waals surface area contributed by atoms with E-state index in [2.05, 4.69) is 5.10 Å². The number of halogens is 3. The molecule has 0 aliphatic carbocycles. The molecule has 0 spiro atoms. The predicted molar refractivity (Wildman–Crippen MR) is 111 cm³/mol. The molecule has 0 aliphatic heterocycles. The number of hydrogen-bond acceptors (Lipinski definition) is 4. The highest BCUT2D eigenvalue weighted by Crippen LogP contribution is 2.29. The topological polar surface area (TPSA) is 64.3 Å². The quantitative estimate of drug-likeness (QED) is 0.631. The smallest absolute Gasteiger partial charge is 0.421 e. The minimum absolute atomic E-state index is 0.00832. The van der Waals surface area contributed by atoms with Gasteiger partial charge in [-0.15, -0.1) is 0 Å². The number of benzene rings is 2. The summed E-state index contributed by atoms with van der Waals surface area (Å²) in [6.45, 7) is 5.03. The van der Waals surface area contributed by atoms with Crippen molar-refractivity contribution in [2.75, 3.05) is 6.61 Å². The molecule has 8 heteroatoms. The molecule has 1 heterocycles. The molecule has 0 radical (unpaired) electrons. The Morgan fingerprint density at radius 3 is 2.35 bits per heavy atom. The Morgan fingerprint density at radius 1 is 1.06 bits per heavy atom. The van der Waals surface area contributed by atoms with Gasteiger partial charge in [0.2, 0.25) is 0 Å². The van der Waals surface area contributed by atoms with E-state index in [-0.39, 0.29) is 12.3 Å². The molecule has 1 aromatic heterocycles. The number of alkyl halides is 3. The van der Waals surface area contributed by atoms with E-state index in [1.165, 1.54) is 0 Å². The van der Waals surface area contributed by atoms with Crippen LogP contribution in [0.25, 0.3) is 11.3 Å². The van der Waals surface area contributed by atoms with Crippen molar-refractivity contribution < 1.29 is 23.0 Å². The van der Waals surface area contributed by atoms with E-state index in [1.807, 2.05) is 32.9 Å². The molecule has 31 heavy (non-hydrogen) atoms. The lowest BCUT2D eigenvalue weighted by atomic mass is 10.1. The first-order chi connectivity index (χ1) is 14.6. The van der Waals surface area contributed by atoms with Gasteiger partial charge in [-0.2, -0.15) is 18.3 Å². The van der Waals surface area contributed by atoms with Gasteiger partial charge in [-0.3, -0.25) is 4.79 Å². The van der Waals surface area contributed by atoms with Gasteiger partial charge < -0.3 is 9.84 Å². The Hall–Kier alpha value is -3.13. The van der Waals surface area contributed by atoms with E-state index in [1.54, 1.807) is 30.3 Å². The second kappa shape index (κ2) is 8.93. The molecule has 0 unspecified atom stereocenters. The first-order valence-electron chi connectivity index (χ1n) is 9.70. The van der Waals surface area contributed by atoms with Gasteiger partial charge in [0.15, 0.2) is 0 Å². The summed E-state index contributed by atoms with van der Waals surface area (Å²) >= 11 is 0. The lowest BCUT2D eigenvalue weighted by Crippen LogP contribution is -2.36. The average Bonchev–Trinajstić information content (AvgIpc) is 2.72. The Kier molecular flexibility index (Phi) is 6.50. The largest absolute Gasteiger partial charge is 0.490 e. The molecule has 0 saturated carbocycles. The number of aromatic nitrogens is 2. The standard InChI is InChI=1S/C23H23F3N2O3/c1-14-9-10-15(2)21(16(14)3)31-13-18(29)12-28-22(30)19(23(24,25)26)11-20(27-28)17-7-5-4-6-8-17/h4-11,18,29H,12-13H2,1-3H3/t18-/m0/s1. The molecule has 2 aromatic carbocycles. The molecular weight excluding hydrogens is 409 g/mol. The Balaban J connectivity index is 1.88.